The lowest BCUT2D eigenvalue weighted by Crippen LogP contribution is -2.31. The number of fused-ring (bicyclic) bond motifs is 5. The molecule has 0 amide bonds. The average molecular weight is 342 g/mol. The van der Waals surface area contributed by atoms with E-state index in [-0.39, 0.29) is 0 Å². The van der Waals surface area contributed by atoms with Crippen LogP contribution in [0.2, 0.25) is 0 Å². The number of aromatic nitrogens is 2. The highest BCUT2D eigenvalue weighted by Crippen LogP contribution is 2.41. The Morgan fingerprint density at radius 2 is 1.92 bits per heavy atom. The highest BCUT2D eigenvalue weighted by molar-refractivity contribution is 6.21. The molecule has 3 heteroatoms. The van der Waals surface area contributed by atoms with Gasteiger partial charge < -0.3 is 4.42 Å². The Labute approximate surface area is 155 Å². The maximum absolute atomic E-state index is 8.17. The zero-order chi connectivity index (χ0) is 20.3. The lowest BCUT2D eigenvalue weighted by molar-refractivity contribution is -0.663. The number of nitrogens with zero attached hydrogens (tertiary/aromatic N) is 2. The predicted molar refractivity (Wildman–Crippen MR) is 105 cm³/mol. The quantitative estimate of drug-likeness (QED) is 0.390. The summed E-state index contributed by atoms with van der Waals surface area (Å²) in [6.07, 6.45) is 3.46. The van der Waals surface area contributed by atoms with Crippen LogP contribution in [0.25, 0.3) is 44.0 Å². The van der Waals surface area contributed by atoms with E-state index in [0.717, 1.165) is 33.0 Å². The van der Waals surface area contributed by atoms with Crippen LogP contribution in [0.1, 0.15) is 15.2 Å². The zero-order valence-electron chi connectivity index (χ0n) is 17.6. The van der Waals surface area contributed by atoms with Gasteiger partial charge >= 0.3 is 0 Å². The second kappa shape index (κ2) is 5.40. The molecule has 0 saturated carbocycles. The summed E-state index contributed by atoms with van der Waals surface area (Å²) in [5.74, 6) is 0. The van der Waals surface area contributed by atoms with Crippen LogP contribution in [0.5, 0.6) is 0 Å². The van der Waals surface area contributed by atoms with Gasteiger partial charge in [-0.25, -0.2) is 4.57 Å². The summed E-state index contributed by atoms with van der Waals surface area (Å²) in [4.78, 5) is 4.16. The Morgan fingerprint density at radius 1 is 1.04 bits per heavy atom. The number of hydrogen-bond donors (Lipinski definition) is 0. The Bertz CT molecular complexity index is 1420. The van der Waals surface area contributed by atoms with Crippen molar-refractivity contribution in [3.63, 3.8) is 0 Å². The maximum Gasteiger partial charge on any atom is 0.286 e. The minimum Gasteiger partial charge on any atom is -0.455 e. The first-order valence-electron chi connectivity index (χ1n) is 10.0. The van der Waals surface area contributed by atoms with Gasteiger partial charge in [-0.05, 0) is 41.7 Å². The Hall–Kier alpha value is -3.20. The molecule has 0 unspecified atom stereocenters. The van der Waals surface area contributed by atoms with E-state index in [2.05, 4.69) is 4.98 Å². The molecule has 5 aromatic rings. The van der Waals surface area contributed by atoms with E-state index < -0.39 is 6.85 Å². The lowest BCUT2D eigenvalue weighted by Gasteiger charge is -2.09. The standard InChI is InChI=1S/C23H19N2O/c1-14-12-15(2)21-22-17-7-5-4-6-16(17)8-9-19(22)26-23(21)20(14)18-10-11-24-13-25(18)3/h4-13H,1-3H3/q+1/i2D3. The van der Waals surface area contributed by atoms with Crippen LogP contribution < -0.4 is 4.57 Å². The molecule has 5 rings (SSSR count). The van der Waals surface area contributed by atoms with Gasteiger partial charge in [-0.1, -0.05) is 41.4 Å². The van der Waals surface area contributed by atoms with Gasteiger partial charge in [0, 0.05) is 21.0 Å². The highest BCUT2D eigenvalue weighted by atomic mass is 16.3. The highest BCUT2D eigenvalue weighted by Gasteiger charge is 2.21. The number of aryl methyl sites for hydroxylation is 3. The minimum atomic E-state index is -2.25. The normalized spacial score (nSPS) is 13.8. The SMILES string of the molecule is [2H]C([2H])([2H])c1cc(C)c(-c2ccnc[n+]2C)c2oc3ccc4ccccc4c3c12. The third-order valence-corrected chi connectivity index (χ3v) is 5.03. The zero-order valence-corrected chi connectivity index (χ0v) is 14.6. The second-order valence-electron chi connectivity index (χ2n) is 6.66. The minimum absolute atomic E-state index is 0.320. The first kappa shape index (κ1) is 12.2. The van der Waals surface area contributed by atoms with Gasteiger partial charge in [0.05, 0.1) is 12.6 Å². The summed E-state index contributed by atoms with van der Waals surface area (Å²) in [7, 11) is 1.92. The van der Waals surface area contributed by atoms with E-state index in [4.69, 9.17) is 8.53 Å². The number of hydrogen-bond acceptors (Lipinski definition) is 2. The summed E-state index contributed by atoms with van der Waals surface area (Å²) in [5, 5.41) is 3.55. The van der Waals surface area contributed by atoms with Crippen molar-refractivity contribution in [2.45, 2.75) is 13.8 Å². The molecule has 0 N–H and O–H groups in total. The number of furan rings is 1. The molecule has 0 spiro atoms. The smallest absolute Gasteiger partial charge is 0.286 e. The largest absolute Gasteiger partial charge is 0.455 e. The predicted octanol–water partition coefficient (Wildman–Crippen LogP) is 5.24. The third-order valence-electron chi connectivity index (χ3n) is 5.03. The topological polar surface area (TPSA) is 29.9 Å². The van der Waals surface area contributed by atoms with Gasteiger partial charge in [-0.3, -0.25) is 0 Å². The van der Waals surface area contributed by atoms with Gasteiger partial charge in [0.25, 0.3) is 6.33 Å². The van der Waals surface area contributed by atoms with Crippen molar-refractivity contribution in [3.05, 3.63) is 72.2 Å². The van der Waals surface area contributed by atoms with Gasteiger partial charge in [-0.2, -0.15) is 0 Å². The molecule has 2 heterocycles. The monoisotopic (exact) mass is 342 g/mol. The second-order valence-corrected chi connectivity index (χ2v) is 6.66. The summed E-state index contributed by atoms with van der Waals surface area (Å²) < 4.78 is 32.8. The van der Waals surface area contributed by atoms with Gasteiger partial charge in [0.2, 0.25) is 0 Å². The van der Waals surface area contributed by atoms with E-state index in [1.54, 1.807) is 18.6 Å². The van der Waals surface area contributed by atoms with Crippen molar-refractivity contribution in [1.82, 2.24) is 4.98 Å². The average Bonchev–Trinajstić information content (AvgIpc) is 3.07. The fourth-order valence-electron chi connectivity index (χ4n) is 3.85. The van der Waals surface area contributed by atoms with Crippen molar-refractivity contribution >= 4 is 32.7 Å². The Balaban J connectivity index is 2.06. The molecule has 0 fully saturated rings. The molecule has 26 heavy (non-hydrogen) atoms. The van der Waals surface area contributed by atoms with Crippen LogP contribution in [0.15, 0.2) is 65.5 Å². The molecule has 0 radical (unpaired) electrons. The van der Waals surface area contributed by atoms with E-state index in [1.165, 1.54) is 0 Å². The fourth-order valence-corrected chi connectivity index (χ4v) is 3.85. The summed E-state index contributed by atoms with van der Waals surface area (Å²) in [5.41, 5.74) is 4.27. The van der Waals surface area contributed by atoms with Crippen molar-refractivity contribution in [1.29, 1.82) is 0 Å². The van der Waals surface area contributed by atoms with Crippen molar-refractivity contribution in [3.8, 4) is 11.3 Å². The molecule has 3 nitrogen and oxygen atoms in total. The molecular weight excluding hydrogens is 320 g/mol. The van der Waals surface area contributed by atoms with Crippen LogP contribution in [-0.2, 0) is 7.05 Å². The van der Waals surface area contributed by atoms with E-state index in [1.807, 2.05) is 61.0 Å². The van der Waals surface area contributed by atoms with Crippen molar-refractivity contribution in [2.24, 2.45) is 7.05 Å². The molecule has 0 atom stereocenters. The molecule has 0 saturated heterocycles. The molecule has 0 aliphatic heterocycles. The molecule has 0 bridgehead atoms. The van der Waals surface area contributed by atoms with Crippen LogP contribution in [0.3, 0.4) is 0 Å². The van der Waals surface area contributed by atoms with Crippen LogP contribution in [-0.4, -0.2) is 4.98 Å². The van der Waals surface area contributed by atoms with Crippen LogP contribution in [0.4, 0.5) is 0 Å². The lowest BCUT2D eigenvalue weighted by atomic mass is 9.95. The van der Waals surface area contributed by atoms with Gasteiger partial charge in [-0.15, -0.1) is 0 Å². The van der Waals surface area contributed by atoms with Crippen LogP contribution >= 0.6 is 0 Å². The number of benzene rings is 3. The fraction of sp³-hybridized carbons (Fsp3) is 0.130. The van der Waals surface area contributed by atoms with Crippen molar-refractivity contribution in [2.75, 3.05) is 0 Å². The van der Waals surface area contributed by atoms with Crippen LogP contribution in [0, 0.1) is 13.8 Å². The first-order valence-corrected chi connectivity index (χ1v) is 8.54. The van der Waals surface area contributed by atoms with E-state index in [0.29, 0.717) is 22.1 Å². The third kappa shape index (κ3) is 2.00. The maximum atomic E-state index is 8.17. The summed E-state index contributed by atoms with van der Waals surface area (Å²) in [6, 6.07) is 15.6. The summed E-state index contributed by atoms with van der Waals surface area (Å²) >= 11 is 0. The molecule has 3 aromatic carbocycles. The molecule has 0 aliphatic rings. The molecule has 0 aliphatic carbocycles. The van der Waals surface area contributed by atoms with Gasteiger partial charge in [0.1, 0.15) is 23.1 Å². The Morgan fingerprint density at radius 3 is 2.77 bits per heavy atom. The Kier molecular flexibility index (Phi) is 2.53. The molecule has 2 aromatic heterocycles. The number of rotatable bonds is 1. The van der Waals surface area contributed by atoms with E-state index in [9.17, 15) is 0 Å². The van der Waals surface area contributed by atoms with E-state index >= 15 is 0 Å². The molecular formula is C23H19N2O+. The summed E-state index contributed by atoms with van der Waals surface area (Å²) in [6.45, 7) is -0.328. The van der Waals surface area contributed by atoms with Crippen molar-refractivity contribution < 1.29 is 13.1 Å². The molecule has 126 valence electrons. The first-order chi connectivity index (χ1) is 13.9. The van der Waals surface area contributed by atoms with Gasteiger partial charge in [0.15, 0.2) is 0 Å².